The zero-order valence-electron chi connectivity index (χ0n) is 35.9. The lowest BCUT2D eigenvalue weighted by atomic mass is 9.85. The Kier molecular flexibility index (Phi) is 19.6. The third-order valence-corrected chi connectivity index (χ3v) is 13.8. The number of fused-ring (bicyclic) bond motifs is 5. The van der Waals surface area contributed by atoms with Crippen molar-refractivity contribution in [2.75, 3.05) is 85.0 Å². The molecule has 18 heteroatoms. The summed E-state index contributed by atoms with van der Waals surface area (Å²) < 4.78 is 50.6. The monoisotopic (exact) mass is 914 g/mol. The molecule has 0 aliphatic carbocycles. The molecule has 6 rings (SSSR count). The molecule has 2 atom stereocenters. The molecule has 5 heterocycles. The van der Waals surface area contributed by atoms with Gasteiger partial charge in [-0.25, -0.2) is 4.79 Å². The highest BCUT2D eigenvalue weighted by Crippen LogP contribution is 2.41. The van der Waals surface area contributed by atoms with Gasteiger partial charge in [0.1, 0.15) is 19.8 Å². The third kappa shape index (κ3) is 14.0. The van der Waals surface area contributed by atoms with Crippen LogP contribution in [0, 0.1) is 0 Å². The number of nitrogens with zero attached hydrogens (tertiary/aromatic N) is 2. The minimum Gasteiger partial charge on any atom is -0.463 e. The van der Waals surface area contributed by atoms with Gasteiger partial charge in [0, 0.05) is 53.3 Å². The molecule has 0 bridgehead atoms. The first-order chi connectivity index (χ1) is 30.8. The predicted molar refractivity (Wildman–Crippen MR) is 235 cm³/mol. The van der Waals surface area contributed by atoms with Gasteiger partial charge in [-0.3, -0.25) is 28.7 Å². The van der Waals surface area contributed by atoms with E-state index in [-0.39, 0.29) is 69.2 Å². The second kappa shape index (κ2) is 25.4. The summed E-state index contributed by atoms with van der Waals surface area (Å²) in [4.78, 5) is 69.2. The third-order valence-electron chi connectivity index (χ3n) is 10.8. The number of benzene rings is 1. The Morgan fingerprint density at radius 1 is 0.778 bits per heavy atom. The second-order valence-corrected chi connectivity index (χ2v) is 17.9. The molecule has 16 nitrogen and oxygen atoms in total. The van der Waals surface area contributed by atoms with Gasteiger partial charge in [-0.1, -0.05) is 53.1 Å². The minimum absolute atomic E-state index is 0.0380. The maximum Gasteiger partial charge on any atom is 0.355 e. The van der Waals surface area contributed by atoms with Crippen molar-refractivity contribution in [3.63, 3.8) is 0 Å². The van der Waals surface area contributed by atoms with Crippen molar-refractivity contribution >= 4 is 56.4 Å². The zero-order chi connectivity index (χ0) is 44.3. The van der Waals surface area contributed by atoms with Gasteiger partial charge in [0.05, 0.1) is 88.5 Å². The number of hydrogen-bond donors (Lipinski definition) is 0. The van der Waals surface area contributed by atoms with Crippen LogP contribution in [0.4, 0.5) is 0 Å². The SMILES string of the molecule is CCC1(OC(=O)CCCC(=O)OCCOCCOCCOCCOCCOCCOC(=O)CCCCC2CCSS2)C(=O)OCc2c1cc1n(c2=O)-c2cc3ccccc3nc2C1. The normalized spacial score (nSPS) is 17.5. The Hall–Kier alpha value is -4.04. The van der Waals surface area contributed by atoms with Crippen molar-refractivity contribution < 1.29 is 61.8 Å². The average Bonchev–Trinajstić information content (AvgIpc) is 3.94. The first-order valence-electron chi connectivity index (χ1n) is 21.8. The standard InChI is InChI=1S/C45H58N2O14S2/c1-2-45(36-29-33-30-38-39(28-32-8-3-5-10-37(32)46-38)47(33)43(51)35(36)31-60-44(45)52)61-42(50)13-7-12-41(49)59-26-24-57-22-20-55-18-16-53-15-17-54-19-21-56-23-25-58-40(48)11-6-4-9-34-14-27-62-63-34/h3,5,8,10,28-29,34H,2,4,6-7,9,11-27,30-31H2,1H3. The van der Waals surface area contributed by atoms with E-state index in [1.54, 1.807) is 17.6 Å². The van der Waals surface area contributed by atoms with Gasteiger partial charge in [-0.05, 0) is 50.3 Å². The van der Waals surface area contributed by atoms with Crippen LogP contribution in [-0.2, 0) is 80.4 Å². The number of pyridine rings is 2. The summed E-state index contributed by atoms with van der Waals surface area (Å²) in [6, 6.07) is 11.3. The van der Waals surface area contributed by atoms with Crippen LogP contribution in [0.2, 0.25) is 0 Å². The number of unbranched alkanes of at least 4 members (excludes halogenated alkanes) is 1. The molecule has 3 aromatic rings. The Labute approximate surface area is 375 Å². The van der Waals surface area contributed by atoms with Crippen LogP contribution in [-0.4, -0.2) is 124 Å². The number of cyclic esters (lactones) is 1. The molecule has 3 aliphatic heterocycles. The summed E-state index contributed by atoms with van der Waals surface area (Å²) in [7, 11) is 3.91. The number of para-hydroxylation sites is 1. The van der Waals surface area contributed by atoms with E-state index in [9.17, 15) is 24.0 Å². The van der Waals surface area contributed by atoms with Gasteiger partial charge in [0.15, 0.2) is 0 Å². The van der Waals surface area contributed by atoms with E-state index in [4.69, 9.17) is 47.6 Å². The summed E-state index contributed by atoms with van der Waals surface area (Å²) in [5.74, 6) is -0.871. The quantitative estimate of drug-likeness (QED) is 0.0285. The summed E-state index contributed by atoms with van der Waals surface area (Å²) in [6.07, 6.45) is 5.23. The summed E-state index contributed by atoms with van der Waals surface area (Å²) in [5, 5.41) is 1.64. The summed E-state index contributed by atoms with van der Waals surface area (Å²) in [5.41, 5.74) is 1.31. The molecule has 0 radical (unpaired) electrons. The van der Waals surface area contributed by atoms with Crippen molar-refractivity contribution in [2.24, 2.45) is 0 Å². The average molecular weight is 915 g/mol. The second-order valence-electron chi connectivity index (χ2n) is 15.2. The molecule has 0 amide bonds. The van der Waals surface area contributed by atoms with Crippen molar-refractivity contribution in [1.29, 1.82) is 0 Å². The van der Waals surface area contributed by atoms with E-state index < -0.39 is 23.5 Å². The van der Waals surface area contributed by atoms with Crippen molar-refractivity contribution in [3.8, 4) is 5.69 Å². The highest BCUT2D eigenvalue weighted by molar-refractivity contribution is 8.77. The van der Waals surface area contributed by atoms with Gasteiger partial charge < -0.3 is 42.6 Å². The Morgan fingerprint density at radius 3 is 2.00 bits per heavy atom. The van der Waals surface area contributed by atoms with Crippen LogP contribution in [0.3, 0.4) is 0 Å². The number of carbonyl (C=O) groups is 4. The van der Waals surface area contributed by atoms with Gasteiger partial charge in [0.2, 0.25) is 5.60 Å². The topological polar surface area (TPSA) is 186 Å². The van der Waals surface area contributed by atoms with E-state index in [0.29, 0.717) is 89.2 Å². The molecule has 2 unspecified atom stereocenters. The van der Waals surface area contributed by atoms with Gasteiger partial charge >= 0.3 is 23.9 Å². The highest BCUT2D eigenvalue weighted by Gasteiger charge is 2.50. The Bertz CT molecular complexity index is 2060. The molecule has 344 valence electrons. The molecule has 0 spiro atoms. The van der Waals surface area contributed by atoms with Crippen LogP contribution >= 0.6 is 21.6 Å². The molecule has 0 saturated carbocycles. The molecule has 1 aromatic carbocycles. The summed E-state index contributed by atoms with van der Waals surface area (Å²) >= 11 is 0. The van der Waals surface area contributed by atoms with E-state index in [0.717, 1.165) is 34.7 Å². The first kappa shape index (κ1) is 48.4. The molecular formula is C45H58N2O14S2. The van der Waals surface area contributed by atoms with Crippen LogP contribution in [0.1, 0.15) is 87.2 Å². The lowest BCUT2D eigenvalue weighted by Gasteiger charge is -2.35. The smallest absolute Gasteiger partial charge is 0.355 e. The van der Waals surface area contributed by atoms with Crippen LogP contribution in [0.15, 0.2) is 41.2 Å². The van der Waals surface area contributed by atoms with Gasteiger partial charge in [-0.2, -0.15) is 0 Å². The zero-order valence-corrected chi connectivity index (χ0v) is 37.6. The molecule has 2 aromatic heterocycles. The van der Waals surface area contributed by atoms with Crippen LogP contribution in [0.25, 0.3) is 16.6 Å². The first-order valence-corrected chi connectivity index (χ1v) is 24.2. The lowest BCUT2D eigenvalue weighted by molar-refractivity contribution is -0.189. The number of carbonyl (C=O) groups excluding carboxylic acids is 4. The molecule has 3 aliphatic rings. The molecule has 0 N–H and O–H groups in total. The molecule has 1 saturated heterocycles. The largest absolute Gasteiger partial charge is 0.463 e. The number of ether oxygens (including phenoxy) is 9. The highest BCUT2D eigenvalue weighted by atomic mass is 33.1. The number of aromatic nitrogens is 2. The van der Waals surface area contributed by atoms with E-state index in [1.165, 1.54) is 18.6 Å². The van der Waals surface area contributed by atoms with E-state index in [2.05, 4.69) is 0 Å². The van der Waals surface area contributed by atoms with Crippen LogP contribution in [0.5, 0.6) is 0 Å². The van der Waals surface area contributed by atoms with E-state index >= 15 is 0 Å². The molecule has 1 fully saturated rings. The molecule has 63 heavy (non-hydrogen) atoms. The number of hydrogen-bond acceptors (Lipinski definition) is 17. The fourth-order valence-corrected chi connectivity index (χ4v) is 10.5. The summed E-state index contributed by atoms with van der Waals surface area (Å²) in [6.45, 7) is 5.39. The fraction of sp³-hybridized carbons (Fsp3) is 0.600. The van der Waals surface area contributed by atoms with Crippen molar-refractivity contribution in [3.05, 3.63) is 69.3 Å². The van der Waals surface area contributed by atoms with E-state index in [1.807, 2.05) is 51.9 Å². The maximum absolute atomic E-state index is 13.9. The van der Waals surface area contributed by atoms with Gasteiger partial charge in [-0.15, -0.1) is 0 Å². The lowest BCUT2D eigenvalue weighted by Crippen LogP contribution is -2.47. The van der Waals surface area contributed by atoms with Crippen molar-refractivity contribution in [1.82, 2.24) is 9.55 Å². The van der Waals surface area contributed by atoms with Crippen molar-refractivity contribution in [2.45, 2.75) is 88.6 Å². The van der Waals surface area contributed by atoms with Crippen LogP contribution < -0.4 is 5.56 Å². The van der Waals surface area contributed by atoms with Gasteiger partial charge in [0.25, 0.3) is 5.56 Å². The Morgan fingerprint density at radius 2 is 1.38 bits per heavy atom. The predicted octanol–water partition coefficient (Wildman–Crippen LogP) is 5.55. The molecular weight excluding hydrogens is 857 g/mol. The number of esters is 4. The minimum atomic E-state index is -1.79. The fourth-order valence-electron chi connectivity index (χ4n) is 7.48. The maximum atomic E-state index is 13.9. The Balaban J connectivity index is 0.747. The number of rotatable bonds is 29.